The summed E-state index contributed by atoms with van der Waals surface area (Å²) in [7, 11) is 0. The molecule has 1 saturated carbocycles. The van der Waals surface area contributed by atoms with Crippen molar-refractivity contribution in [1.82, 2.24) is 9.97 Å². The number of benzene rings is 2. The highest BCUT2D eigenvalue weighted by Crippen LogP contribution is 2.32. The molecule has 0 unspecified atom stereocenters. The largest absolute Gasteiger partial charge is 0.455 e. The van der Waals surface area contributed by atoms with E-state index in [9.17, 15) is 0 Å². The minimum absolute atomic E-state index is 0.552. The van der Waals surface area contributed by atoms with Crippen LogP contribution >= 0.6 is 0 Å². The Labute approximate surface area is 147 Å². The monoisotopic (exact) mass is 332 g/mol. The van der Waals surface area contributed by atoms with E-state index in [0.29, 0.717) is 6.04 Å². The summed E-state index contributed by atoms with van der Waals surface area (Å²) in [5, 5.41) is 6.77. The van der Waals surface area contributed by atoms with Crippen LogP contribution in [0.25, 0.3) is 0 Å². The zero-order valence-corrected chi connectivity index (χ0v) is 14.1. The molecule has 5 heteroatoms. The van der Waals surface area contributed by atoms with Crippen molar-refractivity contribution in [2.24, 2.45) is 0 Å². The molecule has 0 aliphatic heterocycles. The number of anilines is 3. The first-order valence-corrected chi connectivity index (χ1v) is 8.47. The second-order valence-corrected chi connectivity index (χ2v) is 6.14. The number of ether oxygens (including phenoxy) is 1. The molecule has 0 atom stereocenters. The van der Waals surface area contributed by atoms with Crippen molar-refractivity contribution < 1.29 is 4.74 Å². The quantitative estimate of drug-likeness (QED) is 0.672. The number of aromatic nitrogens is 2. The zero-order valence-electron chi connectivity index (χ0n) is 14.1. The average Bonchev–Trinajstić information content (AvgIpc) is 3.41. The lowest BCUT2D eigenvalue weighted by Gasteiger charge is -2.14. The Morgan fingerprint density at radius 1 is 0.920 bits per heavy atom. The minimum atomic E-state index is 0.552. The van der Waals surface area contributed by atoms with Crippen molar-refractivity contribution in [1.29, 1.82) is 0 Å². The fraction of sp³-hybridized carbons (Fsp3) is 0.200. The van der Waals surface area contributed by atoms with Gasteiger partial charge in [-0.2, -0.15) is 0 Å². The maximum atomic E-state index is 6.00. The van der Waals surface area contributed by atoms with Crippen LogP contribution in [0.5, 0.6) is 11.5 Å². The normalized spacial score (nSPS) is 13.3. The Bertz CT molecular complexity index is 863. The van der Waals surface area contributed by atoms with E-state index in [1.54, 1.807) is 0 Å². The van der Waals surface area contributed by atoms with Gasteiger partial charge in [-0.25, -0.2) is 9.97 Å². The van der Waals surface area contributed by atoms with Crippen LogP contribution in [0, 0.1) is 6.92 Å². The standard InChI is InChI=1S/C20H20N4O/c1-14-21-19(23-15-11-12-15)13-20(22-14)24-17-9-5-6-10-18(17)25-16-7-3-2-4-8-16/h2-10,13,15H,11-12H2,1H3,(H2,21,22,23,24). The highest BCUT2D eigenvalue weighted by Gasteiger charge is 2.21. The Kier molecular flexibility index (Phi) is 4.21. The lowest BCUT2D eigenvalue weighted by molar-refractivity contribution is 0.485. The van der Waals surface area contributed by atoms with E-state index in [0.717, 1.165) is 34.6 Å². The molecule has 1 aliphatic rings. The molecule has 1 aromatic heterocycles. The summed E-state index contributed by atoms with van der Waals surface area (Å²) < 4.78 is 6.00. The first kappa shape index (κ1) is 15.4. The number of rotatable bonds is 6. The third-order valence-electron chi connectivity index (χ3n) is 3.89. The summed E-state index contributed by atoms with van der Waals surface area (Å²) in [5.74, 6) is 3.89. The number of hydrogen-bond acceptors (Lipinski definition) is 5. The van der Waals surface area contributed by atoms with E-state index in [4.69, 9.17) is 4.74 Å². The van der Waals surface area contributed by atoms with Crippen LogP contribution in [0.4, 0.5) is 17.3 Å². The van der Waals surface area contributed by atoms with E-state index >= 15 is 0 Å². The van der Waals surface area contributed by atoms with E-state index in [1.807, 2.05) is 67.6 Å². The zero-order chi connectivity index (χ0) is 17.1. The second kappa shape index (κ2) is 6.81. The third kappa shape index (κ3) is 4.07. The summed E-state index contributed by atoms with van der Waals surface area (Å²) in [6, 6.07) is 20.1. The molecule has 25 heavy (non-hydrogen) atoms. The lowest BCUT2D eigenvalue weighted by Crippen LogP contribution is -2.06. The summed E-state index contributed by atoms with van der Waals surface area (Å²) in [6.45, 7) is 1.90. The van der Waals surface area contributed by atoms with E-state index < -0.39 is 0 Å². The van der Waals surface area contributed by atoms with Crippen molar-refractivity contribution in [3.8, 4) is 11.5 Å². The minimum Gasteiger partial charge on any atom is -0.455 e. The Morgan fingerprint density at radius 2 is 1.64 bits per heavy atom. The van der Waals surface area contributed by atoms with Crippen LogP contribution in [0.1, 0.15) is 18.7 Å². The van der Waals surface area contributed by atoms with Gasteiger partial charge in [0.05, 0.1) is 5.69 Å². The molecule has 2 N–H and O–H groups in total. The van der Waals surface area contributed by atoms with Gasteiger partial charge in [-0.15, -0.1) is 0 Å². The molecule has 2 aromatic carbocycles. The molecule has 0 saturated heterocycles. The highest BCUT2D eigenvalue weighted by molar-refractivity contribution is 5.66. The Balaban J connectivity index is 1.57. The number of para-hydroxylation sites is 3. The van der Waals surface area contributed by atoms with Gasteiger partial charge in [0, 0.05) is 12.1 Å². The predicted molar refractivity (Wildman–Crippen MR) is 99.7 cm³/mol. The Hall–Kier alpha value is -3.08. The maximum absolute atomic E-state index is 6.00. The molecular formula is C20H20N4O. The molecule has 1 heterocycles. The SMILES string of the molecule is Cc1nc(Nc2ccccc2Oc2ccccc2)cc(NC2CC2)n1. The van der Waals surface area contributed by atoms with Crippen LogP contribution in [0.2, 0.25) is 0 Å². The van der Waals surface area contributed by atoms with Crippen molar-refractivity contribution in [2.45, 2.75) is 25.8 Å². The summed E-state index contributed by atoms with van der Waals surface area (Å²) in [5.41, 5.74) is 0.863. The fourth-order valence-corrected chi connectivity index (χ4v) is 2.55. The number of nitrogens with one attached hydrogen (secondary N) is 2. The van der Waals surface area contributed by atoms with E-state index in [-0.39, 0.29) is 0 Å². The molecule has 3 aromatic rings. The predicted octanol–water partition coefficient (Wildman–Crippen LogP) is 4.90. The van der Waals surface area contributed by atoms with Gasteiger partial charge in [-0.1, -0.05) is 30.3 Å². The number of aryl methyl sites for hydroxylation is 1. The van der Waals surface area contributed by atoms with Gasteiger partial charge < -0.3 is 15.4 Å². The molecule has 5 nitrogen and oxygen atoms in total. The third-order valence-corrected chi connectivity index (χ3v) is 3.89. The highest BCUT2D eigenvalue weighted by atomic mass is 16.5. The first-order valence-electron chi connectivity index (χ1n) is 8.47. The van der Waals surface area contributed by atoms with E-state index in [1.165, 1.54) is 12.8 Å². The number of hydrogen-bond donors (Lipinski definition) is 2. The van der Waals surface area contributed by atoms with Gasteiger partial charge in [0.25, 0.3) is 0 Å². The smallest absolute Gasteiger partial charge is 0.150 e. The average molecular weight is 332 g/mol. The molecule has 126 valence electrons. The van der Waals surface area contributed by atoms with Crippen LogP contribution in [0.3, 0.4) is 0 Å². The second-order valence-electron chi connectivity index (χ2n) is 6.14. The molecule has 1 fully saturated rings. The molecule has 0 radical (unpaired) electrons. The molecule has 0 amide bonds. The fourth-order valence-electron chi connectivity index (χ4n) is 2.55. The molecule has 0 bridgehead atoms. The van der Waals surface area contributed by atoms with Crippen molar-refractivity contribution in [3.05, 3.63) is 66.5 Å². The van der Waals surface area contributed by atoms with Crippen LogP contribution in [-0.2, 0) is 0 Å². The summed E-state index contributed by atoms with van der Waals surface area (Å²) in [4.78, 5) is 8.94. The first-order chi connectivity index (χ1) is 12.3. The van der Waals surface area contributed by atoms with Gasteiger partial charge in [0.2, 0.25) is 0 Å². The van der Waals surface area contributed by atoms with Gasteiger partial charge in [0.15, 0.2) is 5.75 Å². The molecular weight excluding hydrogens is 312 g/mol. The van der Waals surface area contributed by atoms with Crippen molar-refractivity contribution in [2.75, 3.05) is 10.6 Å². The molecule has 4 rings (SSSR count). The topological polar surface area (TPSA) is 59.1 Å². The van der Waals surface area contributed by atoms with Crippen LogP contribution in [-0.4, -0.2) is 16.0 Å². The van der Waals surface area contributed by atoms with Crippen LogP contribution in [0.15, 0.2) is 60.7 Å². The Morgan fingerprint density at radius 3 is 2.44 bits per heavy atom. The molecule has 1 aliphatic carbocycles. The lowest BCUT2D eigenvalue weighted by atomic mass is 10.3. The van der Waals surface area contributed by atoms with Crippen molar-refractivity contribution in [3.63, 3.8) is 0 Å². The van der Waals surface area contributed by atoms with Gasteiger partial charge >= 0.3 is 0 Å². The maximum Gasteiger partial charge on any atom is 0.150 e. The van der Waals surface area contributed by atoms with Gasteiger partial charge in [-0.3, -0.25) is 0 Å². The van der Waals surface area contributed by atoms with Gasteiger partial charge in [0.1, 0.15) is 23.2 Å². The molecule has 0 spiro atoms. The van der Waals surface area contributed by atoms with Gasteiger partial charge in [-0.05, 0) is 44.0 Å². The van der Waals surface area contributed by atoms with E-state index in [2.05, 4.69) is 20.6 Å². The van der Waals surface area contributed by atoms with Crippen molar-refractivity contribution >= 4 is 17.3 Å². The number of nitrogens with zero attached hydrogens (tertiary/aromatic N) is 2. The van der Waals surface area contributed by atoms with Crippen LogP contribution < -0.4 is 15.4 Å². The summed E-state index contributed by atoms with van der Waals surface area (Å²) >= 11 is 0. The summed E-state index contributed by atoms with van der Waals surface area (Å²) in [6.07, 6.45) is 2.42.